The highest BCUT2D eigenvalue weighted by Crippen LogP contribution is 2.18. The van der Waals surface area contributed by atoms with Crippen LogP contribution in [-0.4, -0.2) is 31.2 Å². The van der Waals surface area contributed by atoms with Gasteiger partial charge < -0.3 is 10.4 Å². The normalized spacial score (nSPS) is 14.2. The maximum absolute atomic E-state index is 11.9. The van der Waals surface area contributed by atoms with Gasteiger partial charge in [0.15, 0.2) is 9.84 Å². The Kier molecular flexibility index (Phi) is 5.48. The average Bonchev–Trinajstić information content (AvgIpc) is 2.46. The molecular weight excluding hydrogens is 294 g/mol. The predicted molar refractivity (Wildman–Crippen MR) is 78.8 cm³/mol. The van der Waals surface area contributed by atoms with Crippen LogP contribution in [0.4, 0.5) is 5.69 Å². The molecule has 2 atom stereocenters. The fourth-order valence-corrected chi connectivity index (χ4v) is 2.49. The number of hydrogen-bond donors (Lipinski definition) is 2. The van der Waals surface area contributed by atoms with Crippen LogP contribution < -0.4 is 5.32 Å². The standard InChI is InChI=1S/C14H19NO5S/c1-4-21(19,20)12-7-5-11(6-8-12)15-13(16)9(2)10(3)14(17)18/h5-10H,4H2,1-3H3,(H,15,16)(H,17,18). The Morgan fingerprint density at radius 1 is 1.14 bits per heavy atom. The van der Waals surface area contributed by atoms with Gasteiger partial charge in [0.05, 0.1) is 16.6 Å². The number of hydrogen-bond acceptors (Lipinski definition) is 4. The third-order valence-electron chi connectivity index (χ3n) is 3.41. The minimum atomic E-state index is -3.27. The van der Waals surface area contributed by atoms with Crippen molar-refractivity contribution in [2.45, 2.75) is 25.7 Å². The van der Waals surface area contributed by atoms with Gasteiger partial charge in [-0.2, -0.15) is 0 Å². The molecule has 1 rings (SSSR count). The molecular formula is C14H19NO5S. The van der Waals surface area contributed by atoms with E-state index in [0.29, 0.717) is 5.69 Å². The van der Waals surface area contributed by atoms with Crippen LogP contribution in [0.3, 0.4) is 0 Å². The van der Waals surface area contributed by atoms with Gasteiger partial charge in [0.25, 0.3) is 0 Å². The van der Waals surface area contributed by atoms with E-state index in [2.05, 4.69) is 5.32 Å². The van der Waals surface area contributed by atoms with Crippen molar-refractivity contribution >= 4 is 27.4 Å². The molecule has 6 nitrogen and oxygen atoms in total. The third kappa shape index (κ3) is 4.29. The lowest BCUT2D eigenvalue weighted by Gasteiger charge is -2.15. The average molecular weight is 313 g/mol. The van der Waals surface area contributed by atoms with Gasteiger partial charge in [0.2, 0.25) is 5.91 Å². The molecule has 0 spiro atoms. The maximum Gasteiger partial charge on any atom is 0.307 e. The molecule has 116 valence electrons. The Labute approximate surface area is 124 Å². The van der Waals surface area contributed by atoms with Gasteiger partial charge in [0, 0.05) is 11.6 Å². The first-order chi connectivity index (χ1) is 9.69. The van der Waals surface area contributed by atoms with Crippen LogP contribution in [-0.2, 0) is 19.4 Å². The summed E-state index contributed by atoms with van der Waals surface area (Å²) in [5.74, 6) is -2.95. The molecule has 7 heteroatoms. The molecule has 0 bridgehead atoms. The van der Waals surface area contributed by atoms with E-state index < -0.39 is 33.5 Å². The molecule has 1 aromatic carbocycles. The first kappa shape index (κ1) is 17.2. The number of carbonyl (C=O) groups excluding carboxylic acids is 1. The minimum Gasteiger partial charge on any atom is -0.481 e. The van der Waals surface area contributed by atoms with Crippen LogP contribution in [0.15, 0.2) is 29.2 Å². The number of benzene rings is 1. The molecule has 21 heavy (non-hydrogen) atoms. The molecule has 0 aliphatic heterocycles. The van der Waals surface area contributed by atoms with Crippen molar-refractivity contribution in [3.8, 4) is 0 Å². The smallest absolute Gasteiger partial charge is 0.307 e. The van der Waals surface area contributed by atoms with E-state index in [1.54, 1.807) is 6.92 Å². The number of carboxylic acids is 1. The first-order valence-electron chi connectivity index (χ1n) is 6.55. The zero-order chi connectivity index (χ0) is 16.2. The number of aliphatic carboxylic acids is 1. The van der Waals surface area contributed by atoms with Crippen LogP contribution in [0, 0.1) is 11.8 Å². The summed E-state index contributed by atoms with van der Waals surface area (Å²) in [7, 11) is -3.27. The Morgan fingerprint density at radius 2 is 1.67 bits per heavy atom. The summed E-state index contributed by atoms with van der Waals surface area (Å²) in [6.45, 7) is 4.55. The fraction of sp³-hybridized carbons (Fsp3) is 0.429. The molecule has 0 aliphatic rings. The third-order valence-corrected chi connectivity index (χ3v) is 5.16. The van der Waals surface area contributed by atoms with Gasteiger partial charge in [-0.3, -0.25) is 9.59 Å². The molecule has 0 aromatic heterocycles. The summed E-state index contributed by atoms with van der Waals surface area (Å²) in [6, 6.07) is 5.80. The maximum atomic E-state index is 11.9. The van der Waals surface area contributed by atoms with Crippen molar-refractivity contribution in [1.29, 1.82) is 0 Å². The van der Waals surface area contributed by atoms with Crippen molar-refractivity contribution in [3.05, 3.63) is 24.3 Å². The second-order valence-electron chi connectivity index (χ2n) is 4.83. The summed E-state index contributed by atoms with van der Waals surface area (Å²) in [5, 5.41) is 11.5. The molecule has 2 N–H and O–H groups in total. The number of carbonyl (C=O) groups is 2. The zero-order valence-electron chi connectivity index (χ0n) is 12.2. The topological polar surface area (TPSA) is 101 Å². The van der Waals surface area contributed by atoms with E-state index in [9.17, 15) is 18.0 Å². The van der Waals surface area contributed by atoms with Gasteiger partial charge in [0.1, 0.15) is 0 Å². The van der Waals surface area contributed by atoms with Gasteiger partial charge in [-0.1, -0.05) is 20.8 Å². The Bertz CT molecular complexity index is 621. The second-order valence-corrected chi connectivity index (χ2v) is 7.11. The number of carboxylic acid groups (broad SMARTS) is 1. The molecule has 0 heterocycles. The lowest BCUT2D eigenvalue weighted by atomic mass is 9.95. The molecule has 0 aliphatic carbocycles. The Hall–Kier alpha value is -1.89. The van der Waals surface area contributed by atoms with Crippen molar-refractivity contribution in [2.75, 3.05) is 11.1 Å². The van der Waals surface area contributed by atoms with E-state index in [0.717, 1.165) is 0 Å². The second kappa shape index (κ2) is 6.71. The molecule has 0 saturated carbocycles. The largest absolute Gasteiger partial charge is 0.481 e. The van der Waals surface area contributed by atoms with E-state index in [-0.39, 0.29) is 10.6 Å². The Balaban J connectivity index is 2.81. The predicted octanol–water partition coefficient (Wildman–Crippen LogP) is 1.78. The zero-order valence-corrected chi connectivity index (χ0v) is 13.0. The highest BCUT2D eigenvalue weighted by molar-refractivity contribution is 7.91. The summed E-state index contributed by atoms with van der Waals surface area (Å²) in [6.07, 6.45) is 0. The van der Waals surface area contributed by atoms with Crippen molar-refractivity contribution in [1.82, 2.24) is 0 Å². The monoisotopic (exact) mass is 313 g/mol. The SMILES string of the molecule is CCS(=O)(=O)c1ccc(NC(=O)C(C)C(C)C(=O)O)cc1. The molecule has 0 fully saturated rings. The highest BCUT2D eigenvalue weighted by atomic mass is 32.2. The van der Waals surface area contributed by atoms with Crippen LogP contribution in [0.2, 0.25) is 0 Å². The molecule has 1 aromatic rings. The molecule has 0 saturated heterocycles. The summed E-state index contributed by atoms with van der Waals surface area (Å²) < 4.78 is 23.3. The first-order valence-corrected chi connectivity index (χ1v) is 8.20. The minimum absolute atomic E-state index is 0.00582. The summed E-state index contributed by atoms with van der Waals surface area (Å²) in [4.78, 5) is 22.9. The van der Waals surface area contributed by atoms with Crippen molar-refractivity contribution in [3.63, 3.8) is 0 Å². The quantitative estimate of drug-likeness (QED) is 0.833. The molecule has 0 radical (unpaired) electrons. The van der Waals surface area contributed by atoms with Crippen LogP contribution in [0.25, 0.3) is 0 Å². The van der Waals surface area contributed by atoms with Gasteiger partial charge in [-0.05, 0) is 24.3 Å². The van der Waals surface area contributed by atoms with Crippen LogP contribution >= 0.6 is 0 Å². The number of anilines is 1. The van der Waals surface area contributed by atoms with Crippen molar-refractivity contribution < 1.29 is 23.1 Å². The number of sulfone groups is 1. The van der Waals surface area contributed by atoms with E-state index in [4.69, 9.17) is 5.11 Å². The van der Waals surface area contributed by atoms with Crippen molar-refractivity contribution in [2.24, 2.45) is 11.8 Å². The van der Waals surface area contributed by atoms with Gasteiger partial charge in [-0.25, -0.2) is 8.42 Å². The molecule has 2 unspecified atom stereocenters. The summed E-state index contributed by atoms with van der Waals surface area (Å²) >= 11 is 0. The molecule has 1 amide bonds. The fourth-order valence-electron chi connectivity index (χ4n) is 1.61. The lowest BCUT2D eigenvalue weighted by Crippen LogP contribution is -2.29. The van der Waals surface area contributed by atoms with E-state index in [1.807, 2.05) is 0 Å². The number of rotatable bonds is 6. The lowest BCUT2D eigenvalue weighted by molar-refractivity contribution is -0.145. The van der Waals surface area contributed by atoms with Gasteiger partial charge in [-0.15, -0.1) is 0 Å². The van der Waals surface area contributed by atoms with Crippen LogP contribution in [0.5, 0.6) is 0 Å². The Morgan fingerprint density at radius 3 is 2.10 bits per heavy atom. The van der Waals surface area contributed by atoms with Gasteiger partial charge >= 0.3 is 5.97 Å². The number of nitrogens with one attached hydrogen (secondary N) is 1. The number of amides is 1. The summed E-state index contributed by atoms with van der Waals surface area (Å²) in [5.41, 5.74) is 0.430. The van der Waals surface area contributed by atoms with E-state index in [1.165, 1.54) is 38.1 Å². The van der Waals surface area contributed by atoms with Crippen LogP contribution in [0.1, 0.15) is 20.8 Å². The van der Waals surface area contributed by atoms with E-state index >= 15 is 0 Å². The highest BCUT2D eigenvalue weighted by Gasteiger charge is 2.25.